The standard InChI is InChI=1S/C13H26N2O.2C2H6/c1-13(2,3)4-5-14-9-12-8-11(14)10-15(12)6-7-16;2*1-2/h11-12,16H,4-10H2,1-3H3;2*1-2H3. The van der Waals surface area contributed by atoms with Crippen LogP contribution in [-0.4, -0.2) is 59.8 Å². The average Bonchev–Trinajstić information content (AvgIpc) is 3.00. The van der Waals surface area contributed by atoms with E-state index in [1.807, 2.05) is 27.7 Å². The monoisotopic (exact) mass is 286 g/mol. The van der Waals surface area contributed by atoms with Crippen LogP contribution in [0, 0.1) is 5.41 Å². The van der Waals surface area contributed by atoms with Gasteiger partial charge in [-0.1, -0.05) is 48.5 Å². The van der Waals surface area contributed by atoms with E-state index in [1.54, 1.807) is 0 Å². The first-order valence-electron chi connectivity index (χ1n) is 8.58. The number of likely N-dealkylation sites (tertiary alicyclic amines) is 2. The molecule has 0 amide bonds. The Labute approximate surface area is 127 Å². The summed E-state index contributed by atoms with van der Waals surface area (Å²) in [5.74, 6) is 0. The first-order valence-corrected chi connectivity index (χ1v) is 8.58. The van der Waals surface area contributed by atoms with E-state index in [9.17, 15) is 0 Å². The highest BCUT2D eigenvalue weighted by molar-refractivity contribution is 4.99. The van der Waals surface area contributed by atoms with Gasteiger partial charge in [0.05, 0.1) is 6.61 Å². The molecule has 2 aliphatic heterocycles. The summed E-state index contributed by atoms with van der Waals surface area (Å²) in [6, 6.07) is 1.48. The fourth-order valence-corrected chi connectivity index (χ4v) is 2.99. The maximum Gasteiger partial charge on any atom is 0.0558 e. The highest BCUT2D eigenvalue weighted by Gasteiger charge is 2.42. The van der Waals surface area contributed by atoms with Crippen molar-refractivity contribution < 1.29 is 5.11 Å². The Balaban J connectivity index is 0.000000829. The van der Waals surface area contributed by atoms with Crippen molar-refractivity contribution >= 4 is 0 Å². The van der Waals surface area contributed by atoms with Gasteiger partial charge in [-0.25, -0.2) is 0 Å². The number of nitrogens with zero attached hydrogens (tertiary/aromatic N) is 2. The lowest BCUT2D eigenvalue weighted by Gasteiger charge is -2.35. The molecule has 2 rings (SSSR count). The number of fused-ring (bicyclic) bond motifs is 2. The Morgan fingerprint density at radius 2 is 1.35 bits per heavy atom. The molecule has 3 heteroatoms. The topological polar surface area (TPSA) is 26.7 Å². The van der Waals surface area contributed by atoms with E-state index in [4.69, 9.17) is 5.11 Å². The van der Waals surface area contributed by atoms with Gasteiger partial charge in [-0.3, -0.25) is 9.80 Å². The smallest absolute Gasteiger partial charge is 0.0558 e. The largest absolute Gasteiger partial charge is 0.395 e. The van der Waals surface area contributed by atoms with Crippen LogP contribution in [0.3, 0.4) is 0 Å². The van der Waals surface area contributed by atoms with E-state index in [2.05, 4.69) is 30.6 Å². The Hall–Kier alpha value is -0.120. The second kappa shape index (κ2) is 9.75. The molecule has 3 nitrogen and oxygen atoms in total. The van der Waals surface area contributed by atoms with Gasteiger partial charge in [0, 0.05) is 31.7 Å². The van der Waals surface area contributed by atoms with Crippen LogP contribution in [0.5, 0.6) is 0 Å². The maximum absolute atomic E-state index is 8.98. The number of rotatable bonds is 4. The van der Waals surface area contributed by atoms with Crippen molar-refractivity contribution in [1.29, 1.82) is 0 Å². The molecule has 2 bridgehead atoms. The van der Waals surface area contributed by atoms with E-state index >= 15 is 0 Å². The number of hydrogen-bond acceptors (Lipinski definition) is 3. The van der Waals surface area contributed by atoms with Crippen LogP contribution < -0.4 is 0 Å². The number of hydrogen-bond donors (Lipinski definition) is 1. The molecule has 2 fully saturated rings. The van der Waals surface area contributed by atoms with Crippen LogP contribution in [0.25, 0.3) is 0 Å². The van der Waals surface area contributed by atoms with Gasteiger partial charge in [0.15, 0.2) is 0 Å². The minimum absolute atomic E-state index is 0.311. The molecule has 2 atom stereocenters. The Bertz CT molecular complexity index is 238. The van der Waals surface area contributed by atoms with Gasteiger partial charge in [-0.05, 0) is 24.8 Å². The predicted octanol–water partition coefficient (Wildman–Crippen LogP) is 3.23. The van der Waals surface area contributed by atoms with Gasteiger partial charge in [-0.2, -0.15) is 0 Å². The fourth-order valence-electron chi connectivity index (χ4n) is 2.99. The number of piperazine rings is 1. The highest BCUT2D eigenvalue weighted by Crippen LogP contribution is 2.31. The number of aliphatic hydroxyl groups excluding tert-OH is 1. The second-order valence-corrected chi connectivity index (χ2v) is 6.57. The molecule has 0 radical (unpaired) electrons. The van der Waals surface area contributed by atoms with Gasteiger partial charge in [0.25, 0.3) is 0 Å². The third-order valence-electron chi connectivity index (χ3n) is 4.00. The Morgan fingerprint density at radius 1 is 0.900 bits per heavy atom. The Kier molecular flexibility index (Phi) is 9.69. The first-order chi connectivity index (χ1) is 9.49. The van der Waals surface area contributed by atoms with E-state index in [0.717, 1.165) is 18.6 Å². The highest BCUT2D eigenvalue weighted by atomic mass is 16.3. The molecule has 0 aromatic rings. The normalized spacial score (nSPS) is 25.8. The van der Waals surface area contributed by atoms with E-state index < -0.39 is 0 Å². The van der Waals surface area contributed by atoms with Crippen molar-refractivity contribution in [3.63, 3.8) is 0 Å². The molecule has 2 heterocycles. The van der Waals surface area contributed by atoms with Gasteiger partial charge in [-0.15, -0.1) is 0 Å². The molecule has 0 saturated carbocycles. The molecule has 122 valence electrons. The van der Waals surface area contributed by atoms with E-state index in [-0.39, 0.29) is 0 Å². The van der Waals surface area contributed by atoms with Crippen molar-refractivity contribution in [2.24, 2.45) is 5.41 Å². The molecular weight excluding hydrogens is 248 g/mol. The third-order valence-corrected chi connectivity index (χ3v) is 4.00. The van der Waals surface area contributed by atoms with Crippen molar-refractivity contribution in [3.05, 3.63) is 0 Å². The van der Waals surface area contributed by atoms with Gasteiger partial charge in [0.1, 0.15) is 0 Å². The molecular formula is C17H38N2O. The molecule has 2 unspecified atom stereocenters. The lowest BCUT2D eigenvalue weighted by Crippen LogP contribution is -2.47. The van der Waals surface area contributed by atoms with Crippen molar-refractivity contribution in [3.8, 4) is 0 Å². The van der Waals surface area contributed by atoms with Crippen molar-refractivity contribution in [1.82, 2.24) is 9.80 Å². The van der Waals surface area contributed by atoms with Gasteiger partial charge >= 0.3 is 0 Å². The summed E-state index contributed by atoms with van der Waals surface area (Å²) in [6.07, 6.45) is 2.61. The summed E-state index contributed by atoms with van der Waals surface area (Å²) in [5, 5.41) is 8.98. The van der Waals surface area contributed by atoms with Crippen LogP contribution in [0.4, 0.5) is 0 Å². The summed E-state index contributed by atoms with van der Waals surface area (Å²) in [5.41, 5.74) is 0.451. The molecule has 0 aliphatic carbocycles. The lowest BCUT2D eigenvalue weighted by molar-refractivity contribution is 0.101. The van der Waals surface area contributed by atoms with E-state index in [0.29, 0.717) is 12.0 Å². The summed E-state index contributed by atoms with van der Waals surface area (Å²) >= 11 is 0. The zero-order valence-corrected chi connectivity index (χ0v) is 14.9. The van der Waals surface area contributed by atoms with Gasteiger partial charge < -0.3 is 5.11 Å². The first kappa shape index (κ1) is 19.9. The summed E-state index contributed by atoms with van der Waals surface area (Å²) in [4.78, 5) is 5.11. The minimum atomic E-state index is 0.311. The maximum atomic E-state index is 8.98. The molecule has 0 aromatic carbocycles. The predicted molar refractivity (Wildman–Crippen MR) is 89.2 cm³/mol. The summed E-state index contributed by atoms with van der Waals surface area (Å²) in [7, 11) is 0. The fraction of sp³-hybridized carbons (Fsp3) is 1.00. The van der Waals surface area contributed by atoms with Gasteiger partial charge in [0.2, 0.25) is 0 Å². The molecule has 0 aromatic heterocycles. The van der Waals surface area contributed by atoms with E-state index in [1.165, 1.54) is 32.5 Å². The van der Waals surface area contributed by atoms with Crippen molar-refractivity contribution in [2.45, 2.75) is 73.4 Å². The van der Waals surface area contributed by atoms with Crippen LogP contribution in [0.1, 0.15) is 61.3 Å². The zero-order chi connectivity index (χ0) is 15.8. The third kappa shape index (κ3) is 6.11. The molecule has 2 aliphatic rings. The van der Waals surface area contributed by atoms with Crippen LogP contribution in [-0.2, 0) is 0 Å². The Morgan fingerprint density at radius 3 is 1.70 bits per heavy atom. The minimum Gasteiger partial charge on any atom is -0.395 e. The molecule has 1 N–H and O–H groups in total. The lowest BCUT2D eigenvalue weighted by atomic mass is 9.92. The van der Waals surface area contributed by atoms with Crippen molar-refractivity contribution in [2.75, 3.05) is 32.8 Å². The molecule has 0 spiro atoms. The second-order valence-electron chi connectivity index (χ2n) is 6.57. The average molecular weight is 287 g/mol. The van der Waals surface area contributed by atoms with Crippen LogP contribution >= 0.6 is 0 Å². The number of aliphatic hydroxyl groups is 1. The zero-order valence-electron chi connectivity index (χ0n) is 14.9. The quantitative estimate of drug-likeness (QED) is 0.859. The molecule has 20 heavy (non-hydrogen) atoms. The summed E-state index contributed by atoms with van der Waals surface area (Å²) in [6.45, 7) is 19.8. The van der Waals surface area contributed by atoms with Crippen LogP contribution in [0.15, 0.2) is 0 Å². The summed E-state index contributed by atoms with van der Waals surface area (Å²) < 4.78 is 0. The number of β-amino-alcohol motifs (C(OH)–C–C–N with tert-alkyl or cyclic N) is 1. The SMILES string of the molecule is CC.CC.CC(C)(C)CCN1CC2CC1CN2CCO. The molecule has 2 saturated heterocycles. The van der Waals surface area contributed by atoms with Crippen LogP contribution in [0.2, 0.25) is 0 Å².